The lowest BCUT2D eigenvalue weighted by Gasteiger charge is -2.30. The van der Waals surface area contributed by atoms with E-state index in [9.17, 15) is 15.0 Å². The van der Waals surface area contributed by atoms with E-state index in [0.717, 1.165) is 25.7 Å². The van der Waals surface area contributed by atoms with Crippen LogP contribution >= 0.6 is 0 Å². The lowest BCUT2D eigenvalue weighted by molar-refractivity contribution is -0.136. The highest BCUT2D eigenvalue weighted by Crippen LogP contribution is 2.32. The smallest absolute Gasteiger partial charge is 0.225 e. The first-order valence-electron chi connectivity index (χ1n) is 6.96. The van der Waals surface area contributed by atoms with E-state index in [0.29, 0.717) is 12.5 Å². The van der Waals surface area contributed by atoms with E-state index in [-0.39, 0.29) is 24.9 Å². The van der Waals surface area contributed by atoms with Crippen molar-refractivity contribution in [3.63, 3.8) is 0 Å². The molecule has 1 aliphatic heterocycles. The Bertz CT molecular complexity index is 286. The zero-order chi connectivity index (χ0) is 13.1. The molecule has 0 bridgehead atoms. The molecular formula is C13H24N2O3. The molecule has 0 aromatic rings. The number of aliphatic hydroxyl groups excluding tert-OH is 2. The summed E-state index contributed by atoms with van der Waals surface area (Å²) in [7, 11) is 0. The van der Waals surface area contributed by atoms with Crippen molar-refractivity contribution in [3.05, 3.63) is 0 Å². The molecule has 4 N–H and O–H groups in total. The van der Waals surface area contributed by atoms with Crippen molar-refractivity contribution < 1.29 is 15.0 Å². The Morgan fingerprint density at radius 1 is 1.22 bits per heavy atom. The molecule has 1 saturated heterocycles. The SMILES string of the molecule is NCCC1CCCC(C(=O)N2CC(O)C(O)C2)C1. The summed E-state index contributed by atoms with van der Waals surface area (Å²) in [5, 5.41) is 19.0. The first kappa shape index (κ1) is 13.8. The second kappa shape index (κ2) is 5.99. The molecular weight excluding hydrogens is 232 g/mol. The van der Waals surface area contributed by atoms with Crippen LogP contribution < -0.4 is 5.73 Å². The van der Waals surface area contributed by atoms with Crippen LogP contribution in [0.15, 0.2) is 0 Å². The maximum Gasteiger partial charge on any atom is 0.225 e. The van der Waals surface area contributed by atoms with Gasteiger partial charge in [0.15, 0.2) is 0 Å². The maximum absolute atomic E-state index is 12.3. The van der Waals surface area contributed by atoms with Crippen molar-refractivity contribution in [2.75, 3.05) is 19.6 Å². The normalized spacial score (nSPS) is 36.9. The number of likely N-dealkylation sites (tertiary alicyclic amines) is 1. The third-order valence-electron chi connectivity index (χ3n) is 4.28. The first-order chi connectivity index (χ1) is 8.61. The van der Waals surface area contributed by atoms with Gasteiger partial charge in [-0.3, -0.25) is 4.79 Å². The Balaban J connectivity index is 1.89. The number of hydrogen-bond acceptors (Lipinski definition) is 4. The summed E-state index contributed by atoms with van der Waals surface area (Å²) in [6.45, 7) is 1.24. The van der Waals surface area contributed by atoms with E-state index in [1.165, 1.54) is 6.42 Å². The van der Waals surface area contributed by atoms with E-state index in [4.69, 9.17) is 5.73 Å². The van der Waals surface area contributed by atoms with Gasteiger partial charge in [-0.05, 0) is 31.7 Å². The molecule has 18 heavy (non-hydrogen) atoms. The van der Waals surface area contributed by atoms with Crippen LogP contribution in [0.3, 0.4) is 0 Å². The Morgan fingerprint density at radius 2 is 1.89 bits per heavy atom. The van der Waals surface area contributed by atoms with Crippen LogP contribution in [-0.2, 0) is 4.79 Å². The minimum absolute atomic E-state index is 0.0628. The molecule has 5 nitrogen and oxygen atoms in total. The second-order valence-corrected chi connectivity index (χ2v) is 5.68. The lowest BCUT2D eigenvalue weighted by Crippen LogP contribution is -2.37. The molecule has 0 aromatic heterocycles. The van der Waals surface area contributed by atoms with Crippen LogP contribution in [0.25, 0.3) is 0 Å². The molecule has 0 radical (unpaired) electrons. The number of rotatable bonds is 3. The Kier molecular flexibility index (Phi) is 4.59. The Labute approximate surface area is 108 Å². The number of β-amino-alcohol motifs (C(OH)–C–C–N with tert-alkyl or cyclic N) is 2. The largest absolute Gasteiger partial charge is 0.388 e. The fourth-order valence-corrected chi connectivity index (χ4v) is 3.22. The highest BCUT2D eigenvalue weighted by molar-refractivity contribution is 5.79. The molecule has 1 heterocycles. The van der Waals surface area contributed by atoms with Gasteiger partial charge in [0.1, 0.15) is 0 Å². The topological polar surface area (TPSA) is 86.8 Å². The third-order valence-corrected chi connectivity index (χ3v) is 4.28. The maximum atomic E-state index is 12.3. The number of aliphatic hydroxyl groups is 2. The summed E-state index contributed by atoms with van der Waals surface area (Å²) in [5.41, 5.74) is 5.58. The summed E-state index contributed by atoms with van der Waals surface area (Å²) < 4.78 is 0. The van der Waals surface area contributed by atoms with Crippen LogP contribution in [0.4, 0.5) is 0 Å². The van der Waals surface area contributed by atoms with E-state index >= 15 is 0 Å². The molecule has 2 aliphatic rings. The number of hydrogen-bond donors (Lipinski definition) is 3. The van der Waals surface area contributed by atoms with Gasteiger partial charge >= 0.3 is 0 Å². The van der Waals surface area contributed by atoms with E-state index in [2.05, 4.69) is 0 Å². The lowest BCUT2D eigenvalue weighted by atomic mass is 9.79. The number of carbonyl (C=O) groups excluding carboxylic acids is 1. The zero-order valence-corrected chi connectivity index (χ0v) is 10.8. The van der Waals surface area contributed by atoms with Crippen LogP contribution in [-0.4, -0.2) is 52.9 Å². The fraction of sp³-hybridized carbons (Fsp3) is 0.923. The summed E-state index contributed by atoms with van der Waals surface area (Å²) in [5.74, 6) is 0.732. The zero-order valence-electron chi connectivity index (χ0n) is 10.8. The average Bonchev–Trinajstić information content (AvgIpc) is 2.69. The van der Waals surface area contributed by atoms with Crippen molar-refractivity contribution in [2.24, 2.45) is 17.6 Å². The van der Waals surface area contributed by atoms with Gasteiger partial charge in [-0.1, -0.05) is 12.8 Å². The Morgan fingerprint density at radius 3 is 2.50 bits per heavy atom. The number of amides is 1. The van der Waals surface area contributed by atoms with Gasteiger partial charge < -0.3 is 20.8 Å². The molecule has 4 unspecified atom stereocenters. The van der Waals surface area contributed by atoms with Gasteiger partial charge in [0.25, 0.3) is 0 Å². The highest BCUT2D eigenvalue weighted by Gasteiger charge is 2.36. The summed E-state index contributed by atoms with van der Waals surface area (Å²) >= 11 is 0. The molecule has 104 valence electrons. The van der Waals surface area contributed by atoms with Crippen LogP contribution in [0, 0.1) is 11.8 Å². The quantitative estimate of drug-likeness (QED) is 0.647. The number of nitrogens with two attached hydrogens (primary N) is 1. The van der Waals surface area contributed by atoms with Gasteiger partial charge in [-0.25, -0.2) is 0 Å². The molecule has 5 heteroatoms. The van der Waals surface area contributed by atoms with Crippen molar-refractivity contribution in [3.8, 4) is 0 Å². The van der Waals surface area contributed by atoms with Gasteiger partial charge in [0.05, 0.1) is 12.2 Å². The van der Waals surface area contributed by atoms with Crippen molar-refractivity contribution >= 4 is 5.91 Å². The van der Waals surface area contributed by atoms with E-state index in [1.807, 2.05) is 0 Å². The van der Waals surface area contributed by atoms with Gasteiger partial charge in [0, 0.05) is 19.0 Å². The standard InChI is InChI=1S/C13H24N2O3/c14-5-4-9-2-1-3-10(6-9)13(18)15-7-11(16)12(17)8-15/h9-12,16-17H,1-8,14H2. The van der Waals surface area contributed by atoms with Crippen LogP contribution in [0.5, 0.6) is 0 Å². The third kappa shape index (κ3) is 3.02. The van der Waals surface area contributed by atoms with Gasteiger partial charge in [-0.2, -0.15) is 0 Å². The van der Waals surface area contributed by atoms with Gasteiger partial charge in [0.2, 0.25) is 5.91 Å². The van der Waals surface area contributed by atoms with Crippen LogP contribution in [0.2, 0.25) is 0 Å². The fourth-order valence-electron chi connectivity index (χ4n) is 3.22. The second-order valence-electron chi connectivity index (χ2n) is 5.68. The van der Waals surface area contributed by atoms with Gasteiger partial charge in [-0.15, -0.1) is 0 Å². The molecule has 0 aromatic carbocycles. The minimum atomic E-state index is -0.780. The molecule has 2 rings (SSSR count). The Hall–Kier alpha value is -0.650. The molecule has 1 saturated carbocycles. The molecule has 1 amide bonds. The molecule has 4 atom stereocenters. The summed E-state index contributed by atoms with van der Waals surface area (Å²) in [6, 6.07) is 0. The monoisotopic (exact) mass is 256 g/mol. The molecule has 0 spiro atoms. The summed E-state index contributed by atoms with van der Waals surface area (Å²) in [6.07, 6.45) is 3.54. The average molecular weight is 256 g/mol. The van der Waals surface area contributed by atoms with Crippen molar-refractivity contribution in [1.29, 1.82) is 0 Å². The van der Waals surface area contributed by atoms with E-state index < -0.39 is 12.2 Å². The van der Waals surface area contributed by atoms with E-state index in [1.54, 1.807) is 4.90 Å². The molecule has 2 fully saturated rings. The predicted molar refractivity (Wildman–Crippen MR) is 67.7 cm³/mol. The summed E-state index contributed by atoms with van der Waals surface area (Å²) in [4.78, 5) is 13.9. The highest BCUT2D eigenvalue weighted by atomic mass is 16.3. The first-order valence-corrected chi connectivity index (χ1v) is 6.96. The van der Waals surface area contributed by atoms with Crippen molar-refractivity contribution in [2.45, 2.75) is 44.3 Å². The molecule has 1 aliphatic carbocycles. The minimum Gasteiger partial charge on any atom is -0.388 e. The number of carbonyl (C=O) groups is 1. The van der Waals surface area contributed by atoms with Crippen molar-refractivity contribution in [1.82, 2.24) is 4.90 Å². The van der Waals surface area contributed by atoms with Crippen LogP contribution in [0.1, 0.15) is 32.1 Å². The predicted octanol–water partition coefficient (Wildman–Crippen LogP) is -0.294. The number of nitrogens with zero attached hydrogens (tertiary/aromatic N) is 1.